The Morgan fingerprint density at radius 2 is 1.77 bits per heavy atom. The standard InChI is InChI=1S/C22H20F6N2O4S/c1-9-15(11-5-7-13(24)16(25)17(11)33-3)18(34-21(9,2)22(26,27)28)19(31)30-10-4-6-12(23)14(8-10)35-20(29)32/h4-9,15,18H,1-3H3,(H2,29,32)(H,30,31)/t9-,15-,18+,21+/m0/s1. The maximum Gasteiger partial charge on any atom is 0.417 e. The molecule has 0 bridgehead atoms. The van der Waals surface area contributed by atoms with Crippen LogP contribution in [0, 0.1) is 23.4 Å². The van der Waals surface area contributed by atoms with Gasteiger partial charge in [-0.2, -0.15) is 17.6 Å². The Balaban J connectivity index is 2.05. The molecule has 2 aromatic carbocycles. The molecule has 6 nitrogen and oxygen atoms in total. The second-order valence-electron chi connectivity index (χ2n) is 8.00. The van der Waals surface area contributed by atoms with E-state index >= 15 is 0 Å². The summed E-state index contributed by atoms with van der Waals surface area (Å²) in [5.74, 6) is -8.10. The van der Waals surface area contributed by atoms with Crippen LogP contribution in [0.5, 0.6) is 5.75 Å². The number of amides is 2. The Bertz CT molecular complexity index is 1160. The second kappa shape index (κ2) is 9.61. The van der Waals surface area contributed by atoms with Crippen molar-refractivity contribution in [1.29, 1.82) is 0 Å². The van der Waals surface area contributed by atoms with Crippen molar-refractivity contribution in [3.8, 4) is 5.75 Å². The van der Waals surface area contributed by atoms with Gasteiger partial charge in [-0.25, -0.2) is 8.78 Å². The number of alkyl halides is 3. The molecular formula is C22H20F6N2O4S. The smallest absolute Gasteiger partial charge is 0.417 e. The molecule has 1 aliphatic rings. The Labute approximate surface area is 200 Å². The summed E-state index contributed by atoms with van der Waals surface area (Å²) >= 11 is 0.346. The molecule has 1 heterocycles. The number of carbonyl (C=O) groups is 2. The number of methoxy groups -OCH3 is 1. The number of benzene rings is 2. The molecule has 190 valence electrons. The van der Waals surface area contributed by atoms with Crippen LogP contribution in [0.25, 0.3) is 0 Å². The number of hydrogen-bond acceptors (Lipinski definition) is 5. The van der Waals surface area contributed by atoms with Gasteiger partial charge in [-0.3, -0.25) is 9.59 Å². The number of ether oxygens (including phenoxy) is 2. The minimum Gasteiger partial charge on any atom is -0.493 e. The molecule has 2 amide bonds. The summed E-state index contributed by atoms with van der Waals surface area (Å²) in [6.07, 6.45) is -6.75. The molecule has 4 atom stereocenters. The van der Waals surface area contributed by atoms with Crippen molar-refractivity contribution in [3.63, 3.8) is 0 Å². The largest absolute Gasteiger partial charge is 0.493 e. The van der Waals surface area contributed by atoms with Crippen molar-refractivity contribution < 1.29 is 45.4 Å². The van der Waals surface area contributed by atoms with E-state index in [0.717, 1.165) is 38.3 Å². The van der Waals surface area contributed by atoms with Gasteiger partial charge in [0.2, 0.25) is 5.82 Å². The van der Waals surface area contributed by atoms with Crippen molar-refractivity contribution in [1.82, 2.24) is 0 Å². The van der Waals surface area contributed by atoms with Gasteiger partial charge in [0, 0.05) is 23.1 Å². The summed E-state index contributed by atoms with van der Waals surface area (Å²) in [4.78, 5) is 24.0. The van der Waals surface area contributed by atoms with E-state index in [-0.39, 0.29) is 16.1 Å². The quantitative estimate of drug-likeness (QED) is 0.408. The number of nitrogens with two attached hydrogens (primary N) is 1. The highest BCUT2D eigenvalue weighted by atomic mass is 32.2. The predicted molar refractivity (Wildman–Crippen MR) is 115 cm³/mol. The van der Waals surface area contributed by atoms with Crippen LogP contribution in [-0.4, -0.2) is 36.1 Å². The van der Waals surface area contributed by atoms with Crippen LogP contribution >= 0.6 is 11.8 Å². The lowest BCUT2D eigenvalue weighted by Gasteiger charge is -2.32. The molecule has 0 spiro atoms. The third-order valence-electron chi connectivity index (χ3n) is 5.98. The normalized spacial score (nSPS) is 24.3. The van der Waals surface area contributed by atoms with Crippen molar-refractivity contribution in [2.24, 2.45) is 11.7 Å². The Kier molecular flexibility index (Phi) is 7.32. The van der Waals surface area contributed by atoms with Crippen LogP contribution < -0.4 is 15.8 Å². The van der Waals surface area contributed by atoms with E-state index < -0.39 is 64.1 Å². The molecule has 3 N–H and O–H groups in total. The molecule has 2 aromatic rings. The van der Waals surface area contributed by atoms with E-state index in [2.05, 4.69) is 5.32 Å². The van der Waals surface area contributed by atoms with Crippen molar-refractivity contribution in [3.05, 3.63) is 53.3 Å². The van der Waals surface area contributed by atoms with Crippen LogP contribution in [0.2, 0.25) is 0 Å². The second-order valence-corrected chi connectivity index (χ2v) is 9.04. The summed E-state index contributed by atoms with van der Waals surface area (Å²) in [7, 11) is 1.01. The summed E-state index contributed by atoms with van der Waals surface area (Å²) in [6.45, 7) is 1.93. The van der Waals surface area contributed by atoms with Gasteiger partial charge in [-0.15, -0.1) is 0 Å². The van der Waals surface area contributed by atoms with Crippen molar-refractivity contribution in [2.75, 3.05) is 12.4 Å². The molecular weight excluding hydrogens is 502 g/mol. The van der Waals surface area contributed by atoms with Crippen LogP contribution in [0.3, 0.4) is 0 Å². The molecule has 0 saturated carbocycles. The lowest BCUT2D eigenvalue weighted by molar-refractivity contribution is -0.272. The minimum absolute atomic E-state index is 0.0620. The van der Waals surface area contributed by atoms with E-state index in [1.165, 1.54) is 6.92 Å². The number of nitrogens with one attached hydrogen (secondary N) is 1. The number of thioether (sulfide) groups is 1. The molecule has 1 fully saturated rings. The van der Waals surface area contributed by atoms with Crippen LogP contribution in [-0.2, 0) is 9.53 Å². The molecule has 0 aliphatic carbocycles. The molecule has 13 heteroatoms. The average molecular weight is 522 g/mol. The van der Waals surface area contributed by atoms with Gasteiger partial charge in [0.15, 0.2) is 17.2 Å². The van der Waals surface area contributed by atoms with E-state index in [9.17, 15) is 35.9 Å². The van der Waals surface area contributed by atoms with Gasteiger partial charge in [-0.1, -0.05) is 13.0 Å². The number of halogens is 6. The van der Waals surface area contributed by atoms with Crippen LogP contribution in [0.4, 0.5) is 36.8 Å². The van der Waals surface area contributed by atoms with Crippen LogP contribution in [0.1, 0.15) is 25.3 Å². The predicted octanol–water partition coefficient (Wildman–Crippen LogP) is 5.36. The lowest BCUT2D eigenvalue weighted by Crippen LogP contribution is -2.47. The first-order valence-electron chi connectivity index (χ1n) is 10.1. The van der Waals surface area contributed by atoms with Gasteiger partial charge in [0.1, 0.15) is 11.9 Å². The zero-order valence-corrected chi connectivity index (χ0v) is 19.3. The van der Waals surface area contributed by atoms with Crippen molar-refractivity contribution >= 4 is 28.6 Å². The minimum atomic E-state index is -4.92. The highest BCUT2D eigenvalue weighted by Crippen LogP contribution is 2.55. The third kappa shape index (κ3) is 4.92. The van der Waals surface area contributed by atoms with E-state index in [4.69, 9.17) is 15.2 Å². The van der Waals surface area contributed by atoms with Crippen molar-refractivity contribution in [2.45, 2.75) is 42.5 Å². The average Bonchev–Trinajstić information content (AvgIpc) is 3.04. The maximum absolute atomic E-state index is 14.4. The summed E-state index contributed by atoms with van der Waals surface area (Å²) < 4.78 is 94.2. The highest BCUT2D eigenvalue weighted by Gasteiger charge is 2.65. The topological polar surface area (TPSA) is 90.6 Å². The number of rotatable bonds is 5. The fourth-order valence-corrected chi connectivity index (χ4v) is 4.59. The van der Waals surface area contributed by atoms with Gasteiger partial charge in [0.05, 0.1) is 12.0 Å². The molecule has 1 saturated heterocycles. The van der Waals surface area contributed by atoms with Gasteiger partial charge < -0.3 is 20.5 Å². The van der Waals surface area contributed by atoms with Gasteiger partial charge in [0.25, 0.3) is 11.1 Å². The van der Waals surface area contributed by atoms with Gasteiger partial charge in [-0.05, 0) is 43.0 Å². The first-order valence-corrected chi connectivity index (χ1v) is 10.9. The molecule has 0 radical (unpaired) electrons. The first kappa shape index (κ1) is 26.7. The fourth-order valence-electron chi connectivity index (χ4n) is 4.02. The maximum atomic E-state index is 14.4. The van der Waals surface area contributed by atoms with Gasteiger partial charge >= 0.3 is 6.18 Å². The number of primary amides is 1. The molecule has 35 heavy (non-hydrogen) atoms. The van der Waals surface area contributed by atoms with E-state index in [1.807, 2.05) is 0 Å². The summed E-state index contributed by atoms with van der Waals surface area (Å²) in [5, 5.41) is 1.40. The first-order chi connectivity index (χ1) is 16.2. The third-order valence-corrected chi connectivity index (χ3v) is 6.71. The molecule has 0 unspecified atom stereocenters. The number of carbonyl (C=O) groups excluding carboxylic acids is 2. The zero-order valence-electron chi connectivity index (χ0n) is 18.5. The molecule has 0 aromatic heterocycles. The number of hydrogen-bond donors (Lipinski definition) is 2. The van der Waals surface area contributed by atoms with Crippen LogP contribution in [0.15, 0.2) is 35.2 Å². The SMILES string of the molecule is COc1c([C@H]2[C@H](C(=O)Nc3ccc(F)c(SC(N)=O)c3)O[C@@](C)(C(F)(F)F)[C@H]2C)ccc(F)c1F. The lowest BCUT2D eigenvalue weighted by atomic mass is 9.77. The molecule has 3 rings (SSSR count). The molecule has 1 aliphatic heterocycles. The Morgan fingerprint density at radius 3 is 2.34 bits per heavy atom. The monoisotopic (exact) mass is 522 g/mol. The Hall–Kier alpha value is -2.93. The zero-order chi connectivity index (χ0) is 26.3. The highest BCUT2D eigenvalue weighted by molar-refractivity contribution is 8.13. The fraction of sp³-hybridized carbons (Fsp3) is 0.364. The van der Waals surface area contributed by atoms with E-state index in [1.54, 1.807) is 0 Å². The Morgan fingerprint density at radius 1 is 1.14 bits per heavy atom. The summed E-state index contributed by atoms with van der Waals surface area (Å²) in [5.41, 5.74) is 1.95. The summed E-state index contributed by atoms with van der Waals surface area (Å²) in [6, 6.07) is 4.85. The number of anilines is 1. The van der Waals surface area contributed by atoms with E-state index in [0.29, 0.717) is 17.8 Å².